The number of alkyl halides is 3. The average molecular weight is 281 g/mol. The third-order valence-corrected chi connectivity index (χ3v) is 2.61. The van der Waals surface area contributed by atoms with E-state index >= 15 is 0 Å². The Kier molecular flexibility index (Phi) is 5.67. The molecule has 110 valence electrons. The lowest BCUT2D eigenvalue weighted by Crippen LogP contribution is -2.27. The normalized spacial score (nSPS) is 15.5. The fourth-order valence-electron chi connectivity index (χ4n) is 1.69. The molecule has 2 atom stereocenters. The van der Waals surface area contributed by atoms with Gasteiger partial charge in [-0.3, -0.25) is 0 Å². The molecule has 6 nitrogen and oxygen atoms in total. The lowest BCUT2D eigenvalue weighted by molar-refractivity contribution is -0.142. The summed E-state index contributed by atoms with van der Waals surface area (Å²) in [6.07, 6.45) is -5.20. The van der Waals surface area contributed by atoms with Crippen molar-refractivity contribution in [2.75, 3.05) is 20.3 Å². The molecule has 0 radical (unpaired) electrons. The molecule has 0 amide bonds. The summed E-state index contributed by atoms with van der Waals surface area (Å²) in [5.41, 5.74) is 0. The van der Waals surface area contributed by atoms with E-state index in [0.717, 1.165) is 0 Å². The van der Waals surface area contributed by atoms with E-state index in [0.29, 0.717) is 19.0 Å². The minimum atomic E-state index is -4.24. The topological polar surface area (TPSA) is 64.9 Å². The van der Waals surface area contributed by atoms with Crippen molar-refractivity contribution in [1.82, 2.24) is 25.5 Å². The second-order valence-electron chi connectivity index (χ2n) is 4.32. The monoisotopic (exact) mass is 281 g/mol. The number of nitrogens with one attached hydrogen (secondary N) is 1. The molecule has 0 aromatic carbocycles. The highest BCUT2D eigenvalue weighted by molar-refractivity contribution is 4.91. The lowest BCUT2D eigenvalue weighted by Gasteiger charge is -2.18. The van der Waals surface area contributed by atoms with E-state index in [2.05, 4.69) is 20.8 Å². The zero-order valence-corrected chi connectivity index (χ0v) is 11.1. The fourth-order valence-corrected chi connectivity index (χ4v) is 1.69. The molecule has 9 heteroatoms. The number of hydrogen-bond donors (Lipinski definition) is 1. The van der Waals surface area contributed by atoms with Crippen molar-refractivity contribution in [3.8, 4) is 0 Å². The summed E-state index contributed by atoms with van der Waals surface area (Å²) in [5.74, 6) is 0.382. The molecule has 1 heterocycles. The van der Waals surface area contributed by atoms with Gasteiger partial charge < -0.3 is 10.1 Å². The van der Waals surface area contributed by atoms with Crippen LogP contribution < -0.4 is 5.32 Å². The summed E-state index contributed by atoms with van der Waals surface area (Å²) in [5, 5.41) is 13.9. The van der Waals surface area contributed by atoms with Crippen LogP contribution in [0.1, 0.15) is 38.2 Å². The third kappa shape index (κ3) is 5.11. The van der Waals surface area contributed by atoms with Crippen LogP contribution in [0.5, 0.6) is 0 Å². The number of methoxy groups -OCH3 is 1. The molecule has 0 fully saturated rings. The molecule has 1 N–H and O–H groups in total. The molecular weight excluding hydrogens is 263 g/mol. The SMILES string of the molecule is COCCNC(C)c1nnnn1C(C)CC(F)(F)F. The van der Waals surface area contributed by atoms with E-state index in [1.807, 2.05) is 0 Å². The highest BCUT2D eigenvalue weighted by Gasteiger charge is 2.32. The summed E-state index contributed by atoms with van der Waals surface area (Å²) >= 11 is 0. The Balaban J connectivity index is 2.68. The van der Waals surface area contributed by atoms with Crippen LogP contribution in [0.2, 0.25) is 0 Å². The van der Waals surface area contributed by atoms with Crippen LogP contribution in [-0.4, -0.2) is 46.6 Å². The third-order valence-electron chi connectivity index (χ3n) is 2.61. The van der Waals surface area contributed by atoms with Gasteiger partial charge in [-0.05, 0) is 24.3 Å². The maximum absolute atomic E-state index is 12.4. The van der Waals surface area contributed by atoms with Gasteiger partial charge in [-0.25, -0.2) is 4.68 Å². The molecule has 0 aliphatic carbocycles. The number of tetrazole rings is 1. The van der Waals surface area contributed by atoms with Gasteiger partial charge in [-0.2, -0.15) is 13.2 Å². The molecule has 0 bridgehead atoms. The molecule has 0 aliphatic rings. The number of nitrogens with zero attached hydrogens (tertiary/aromatic N) is 4. The van der Waals surface area contributed by atoms with Crippen molar-refractivity contribution in [2.45, 2.75) is 38.5 Å². The number of aromatic nitrogens is 4. The van der Waals surface area contributed by atoms with Gasteiger partial charge in [0, 0.05) is 13.7 Å². The Morgan fingerprint density at radius 3 is 2.63 bits per heavy atom. The van der Waals surface area contributed by atoms with Crippen molar-refractivity contribution in [2.24, 2.45) is 0 Å². The Morgan fingerprint density at radius 2 is 2.05 bits per heavy atom. The average Bonchev–Trinajstić information content (AvgIpc) is 2.75. The van der Waals surface area contributed by atoms with E-state index in [9.17, 15) is 13.2 Å². The molecule has 0 saturated carbocycles. The van der Waals surface area contributed by atoms with Gasteiger partial charge in [-0.1, -0.05) is 0 Å². The van der Waals surface area contributed by atoms with Gasteiger partial charge in [0.1, 0.15) is 0 Å². The smallest absolute Gasteiger partial charge is 0.383 e. The highest BCUT2D eigenvalue weighted by Crippen LogP contribution is 2.28. The number of ether oxygens (including phenoxy) is 1. The number of halogens is 3. The highest BCUT2D eigenvalue weighted by atomic mass is 19.4. The predicted molar refractivity (Wildman–Crippen MR) is 61.5 cm³/mol. The molecule has 19 heavy (non-hydrogen) atoms. The molecule has 0 spiro atoms. The van der Waals surface area contributed by atoms with Gasteiger partial charge in [0.2, 0.25) is 0 Å². The van der Waals surface area contributed by atoms with Crippen LogP contribution in [0.3, 0.4) is 0 Å². The molecule has 0 aliphatic heterocycles. The second kappa shape index (κ2) is 6.80. The minimum Gasteiger partial charge on any atom is -0.383 e. The van der Waals surface area contributed by atoms with Crippen LogP contribution in [0.15, 0.2) is 0 Å². The zero-order chi connectivity index (χ0) is 14.5. The molecule has 1 aromatic rings. The van der Waals surface area contributed by atoms with Crippen LogP contribution in [0.4, 0.5) is 13.2 Å². The van der Waals surface area contributed by atoms with Gasteiger partial charge in [-0.15, -0.1) is 5.10 Å². The standard InChI is InChI=1S/C10H18F3N5O/c1-7(6-10(11,12)13)18-9(15-16-17-18)8(2)14-4-5-19-3/h7-8,14H,4-6H2,1-3H3. The van der Waals surface area contributed by atoms with E-state index in [-0.39, 0.29) is 6.04 Å². The minimum absolute atomic E-state index is 0.249. The van der Waals surface area contributed by atoms with Crippen molar-refractivity contribution < 1.29 is 17.9 Å². The van der Waals surface area contributed by atoms with Crippen LogP contribution in [-0.2, 0) is 4.74 Å². The number of hydrogen-bond acceptors (Lipinski definition) is 5. The van der Waals surface area contributed by atoms with Crippen LogP contribution in [0, 0.1) is 0 Å². The van der Waals surface area contributed by atoms with Crippen LogP contribution in [0.25, 0.3) is 0 Å². The summed E-state index contributed by atoms with van der Waals surface area (Å²) in [7, 11) is 1.57. The van der Waals surface area contributed by atoms with Crippen molar-refractivity contribution in [1.29, 1.82) is 0 Å². The maximum Gasteiger partial charge on any atom is 0.391 e. The van der Waals surface area contributed by atoms with Gasteiger partial charge in [0.25, 0.3) is 0 Å². The summed E-state index contributed by atoms with van der Waals surface area (Å²) in [6, 6.07) is -1.09. The summed E-state index contributed by atoms with van der Waals surface area (Å²) in [6.45, 7) is 4.30. The Bertz CT molecular complexity index is 381. The maximum atomic E-state index is 12.4. The Morgan fingerprint density at radius 1 is 1.37 bits per heavy atom. The lowest BCUT2D eigenvalue weighted by atomic mass is 10.2. The van der Waals surface area contributed by atoms with Crippen molar-refractivity contribution >= 4 is 0 Å². The predicted octanol–water partition coefficient (Wildman–Crippen LogP) is 1.48. The summed E-state index contributed by atoms with van der Waals surface area (Å²) in [4.78, 5) is 0. The quantitative estimate of drug-likeness (QED) is 0.767. The first-order valence-corrected chi connectivity index (χ1v) is 5.92. The van der Waals surface area contributed by atoms with Crippen molar-refractivity contribution in [3.63, 3.8) is 0 Å². The second-order valence-corrected chi connectivity index (χ2v) is 4.32. The Hall–Kier alpha value is -1.22. The largest absolute Gasteiger partial charge is 0.391 e. The first-order chi connectivity index (χ1) is 8.85. The van der Waals surface area contributed by atoms with Gasteiger partial charge in [0.15, 0.2) is 5.82 Å². The first kappa shape index (κ1) is 15.8. The van der Waals surface area contributed by atoms with E-state index < -0.39 is 18.6 Å². The molecule has 0 saturated heterocycles. The molecule has 2 unspecified atom stereocenters. The van der Waals surface area contributed by atoms with Crippen molar-refractivity contribution in [3.05, 3.63) is 5.82 Å². The van der Waals surface area contributed by atoms with E-state index in [1.54, 1.807) is 14.0 Å². The zero-order valence-electron chi connectivity index (χ0n) is 11.1. The fraction of sp³-hybridized carbons (Fsp3) is 0.900. The van der Waals surface area contributed by atoms with Crippen LogP contribution >= 0.6 is 0 Å². The molecular formula is C10H18F3N5O. The Labute approximate surface area is 109 Å². The van der Waals surface area contributed by atoms with E-state index in [4.69, 9.17) is 4.74 Å². The number of rotatable bonds is 7. The summed E-state index contributed by atoms with van der Waals surface area (Å²) < 4.78 is 43.2. The van der Waals surface area contributed by atoms with E-state index in [1.165, 1.54) is 11.6 Å². The van der Waals surface area contributed by atoms with Gasteiger partial charge >= 0.3 is 6.18 Å². The molecule has 1 aromatic heterocycles. The van der Waals surface area contributed by atoms with Gasteiger partial charge in [0.05, 0.1) is 25.1 Å². The first-order valence-electron chi connectivity index (χ1n) is 5.92. The molecule has 1 rings (SSSR count).